The predicted octanol–water partition coefficient (Wildman–Crippen LogP) is 4.45. The summed E-state index contributed by atoms with van der Waals surface area (Å²) in [5.41, 5.74) is 5.99. The number of nitrogens with zero attached hydrogens (tertiary/aromatic N) is 4. The molecule has 0 unspecified atom stereocenters. The summed E-state index contributed by atoms with van der Waals surface area (Å²) in [4.78, 5) is 25.7. The maximum atomic E-state index is 13.4. The van der Waals surface area contributed by atoms with Gasteiger partial charge in [-0.2, -0.15) is 0 Å². The molecular formula is C27H30BrN5O2. The second kappa shape index (κ2) is 9.97. The number of benzene rings is 1. The van der Waals surface area contributed by atoms with Gasteiger partial charge in [-0.3, -0.25) is 4.79 Å². The molecule has 8 heteroatoms. The van der Waals surface area contributed by atoms with Crippen LogP contribution in [0, 0.1) is 6.92 Å². The van der Waals surface area contributed by atoms with E-state index < -0.39 is 0 Å². The average Bonchev–Trinajstić information content (AvgIpc) is 3.28. The number of likely N-dealkylation sites (N-methyl/N-ethyl adjacent to an activating group) is 1. The minimum Gasteiger partial charge on any atom is -0.378 e. The first-order chi connectivity index (χ1) is 16.9. The van der Waals surface area contributed by atoms with Gasteiger partial charge >= 0.3 is 0 Å². The molecule has 0 bridgehead atoms. The number of aromatic nitrogens is 3. The van der Waals surface area contributed by atoms with Gasteiger partial charge in [0.2, 0.25) is 0 Å². The lowest BCUT2D eigenvalue weighted by atomic mass is 10.0. The summed E-state index contributed by atoms with van der Waals surface area (Å²) in [6.07, 6.45) is 5.75. The lowest BCUT2D eigenvalue weighted by molar-refractivity contribution is 0.122. The van der Waals surface area contributed by atoms with Crippen LogP contribution in [0.1, 0.15) is 17.2 Å². The van der Waals surface area contributed by atoms with Gasteiger partial charge < -0.3 is 24.1 Å². The number of fused-ring (bicyclic) bond motifs is 1. The van der Waals surface area contributed by atoms with Crippen LogP contribution in [-0.4, -0.2) is 66.4 Å². The molecule has 7 nitrogen and oxygen atoms in total. The van der Waals surface area contributed by atoms with Crippen LogP contribution < -0.4 is 10.5 Å². The topological polar surface area (TPSA) is 66.4 Å². The van der Waals surface area contributed by atoms with Crippen molar-refractivity contribution >= 4 is 32.7 Å². The van der Waals surface area contributed by atoms with Crippen LogP contribution >= 0.6 is 15.9 Å². The smallest absolute Gasteiger partial charge is 0.251 e. The predicted molar refractivity (Wildman–Crippen MR) is 144 cm³/mol. The zero-order chi connectivity index (χ0) is 24.5. The summed E-state index contributed by atoms with van der Waals surface area (Å²) in [7, 11) is 4.06. The van der Waals surface area contributed by atoms with Crippen LogP contribution in [0.3, 0.4) is 0 Å². The fourth-order valence-corrected chi connectivity index (χ4v) is 5.05. The molecule has 4 aromatic rings. The summed E-state index contributed by atoms with van der Waals surface area (Å²) < 4.78 is 8.36. The summed E-state index contributed by atoms with van der Waals surface area (Å²) >= 11 is 3.65. The second-order valence-corrected chi connectivity index (χ2v) is 10.2. The number of aromatic amines is 1. The Morgan fingerprint density at radius 2 is 1.97 bits per heavy atom. The summed E-state index contributed by atoms with van der Waals surface area (Å²) in [6.45, 7) is 5.94. The van der Waals surface area contributed by atoms with Gasteiger partial charge in [-0.05, 0) is 55.9 Å². The number of rotatable bonds is 6. The molecule has 1 N–H and O–H groups in total. The number of pyridine rings is 2. The number of ether oxygens (including phenoxy) is 1. The SMILES string of the molecule is Cc1ccc([C@@H](CN(C)C)n2ccc(-c3c[nH]c4ncc(N5CCOCC5)cc34)cc2=O)cc1Br. The van der Waals surface area contributed by atoms with Crippen molar-refractivity contribution in [1.29, 1.82) is 0 Å². The molecular weight excluding hydrogens is 506 g/mol. The minimum absolute atomic E-state index is 0.0299. The first kappa shape index (κ1) is 23.8. The fraction of sp³-hybridized carbons (Fsp3) is 0.333. The van der Waals surface area contributed by atoms with Crippen LogP contribution in [-0.2, 0) is 4.74 Å². The molecule has 5 rings (SSSR count). The number of anilines is 1. The van der Waals surface area contributed by atoms with Gasteiger partial charge in [0.05, 0.1) is 31.1 Å². The maximum absolute atomic E-state index is 13.4. The van der Waals surface area contributed by atoms with E-state index in [-0.39, 0.29) is 11.6 Å². The van der Waals surface area contributed by atoms with Crippen LogP contribution in [0.5, 0.6) is 0 Å². The fourth-order valence-electron chi connectivity index (χ4n) is 4.66. The first-order valence-electron chi connectivity index (χ1n) is 11.8. The molecule has 0 spiro atoms. The van der Waals surface area contributed by atoms with Crippen molar-refractivity contribution in [2.45, 2.75) is 13.0 Å². The molecule has 0 radical (unpaired) electrons. The Morgan fingerprint density at radius 3 is 2.69 bits per heavy atom. The van der Waals surface area contributed by atoms with Crippen LogP contribution in [0.4, 0.5) is 5.69 Å². The van der Waals surface area contributed by atoms with E-state index >= 15 is 0 Å². The number of nitrogens with one attached hydrogen (secondary N) is 1. The maximum Gasteiger partial charge on any atom is 0.251 e. The Hall–Kier alpha value is -2.94. The van der Waals surface area contributed by atoms with Crippen molar-refractivity contribution in [3.63, 3.8) is 0 Å². The molecule has 4 heterocycles. The third kappa shape index (κ3) is 4.91. The zero-order valence-electron chi connectivity index (χ0n) is 20.3. The second-order valence-electron chi connectivity index (χ2n) is 9.34. The van der Waals surface area contributed by atoms with Gasteiger partial charge in [0.15, 0.2) is 0 Å². The molecule has 0 aliphatic carbocycles. The molecule has 1 aliphatic heterocycles. The molecule has 0 saturated carbocycles. The Kier molecular flexibility index (Phi) is 6.77. The van der Waals surface area contributed by atoms with Crippen molar-refractivity contribution in [3.05, 3.63) is 80.9 Å². The zero-order valence-corrected chi connectivity index (χ0v) is 21.9. The number of halogens is 1. The highest BCUT2D eigenvalue weighted by Gasteiger charge is 2.19. The van der Waals surface area contributed by atoms with Gasteiger partial charge in [-0.15, -0.1) is 0 Å². The molecule has 1 atom stereocenters. The number of hydrogen-bond acceptors (Lipinski definition) is 5. The van der Waals surface area contributed by atoms with E-state index in [1.807, 2.05) is 43.3 Å². The first-order valence-corrected chi connectivity index (χ1v) is 12.6. The summed E-state index contributed by atoms with van der Waals surface area (Å²) in [5, 5.41) is 1.01. The lowest BCUT2D eigenvalue weighted by Gasteiger charge is -2.28. The summed E-state index contributed by atoms with van der Waals surface area (Å²) in [6, 6.07) is 12.1. The van der Waals surface area contributed by atoms with Crippen LogP contribution in [0.25, 0.3) is 22.2 Å². The van der Waals surface area contributed by atoms with Crippen molar-refractivity contribution < 1.29 is 4.74 Å². The van der Waals surface area contributed by atoms with E-state index in [1.54, 1.807) is 6.07 Å². The average molecular weight is 536 g/mol. The Bertz CT molecular complexity index is 1400. The monoisotopic (exact) mass is 535 g/mol. The van der Waals surface area contributed by atoms with Crippen molar-refractivity contribution in [3.8, 4) is 11.1 Å². The van der Waals surface area contributed by atoms with Crippen LogP contribution in [0.2, 0.25) is 0 Å². The molecule has 35 heavy (non-hydrogen) atoms. The van der Waals surface area contributed by atoms with Gasteiger partial charge in [-0.25, -0.2) is 4.98 Å². The molecule has 1 fully saturated rings. The highest BCUT2D eigenvalue weighted by atomic mass is 79.9. The Morgan fingerprint density at radius 1 is 1.17 bits per heavy atom. The van der Waals surface area contributed by atoms with E-state index in [4.69, 9.17) is 4.74 Å². The summed E-state index contributed by atoms with van der Waals surface area (Å²) in [5.74, 6) is 0. The molecule has 0 amide bonds. The standard InChI is InChI=1S/C27H30BrN5O2/c1-18-4-5-20(12-24(18)28)25(17-31(2)3)33-7-6-19(13-26(33)34)23-16-30-27-22(23)14-21(15-29-27)32-8-10-35-11-9-32/h4-7,12-16,25H,8-11,17H2,1-3H3,(H,29,30)/t25-/m1/s1. The van der Waals surface area contributed by atoms with Crippen molar-refractivity contribution in [2.24, 2.45) is 0 Å². The highest BCUT2D eigenvalue weighted by molar-refractivity contribution is 9.10. The number of hydrogen-bond donors (Lipinski definition) is 1. The van der Waals surface area contributed by atoms with Gasteiger partial charge in [0.25, 0.3) is 5.56 Å². The number of aryl methyl sites for hydroxylation is 1. The van der Waals surface area contributed by atoms with E-state index in [9.17, 15) is 4.79 Å². The van der Waals surface area contributed by atoms with E-state index in [2.05, 4.69) is 66.9 Å². The minimum atomic E-state index is -0.0963. The molecule has 1 aromatic carbocycles. The number of H-pyrrole nitrogens is 1. The van der Waals surface area contributed by atoms with Crippen molar-refractivity contribution in [1.82, 2.24) is 19.4 Å². The van der Waals surface area contributed by atoms with Gasteiger partial charge in [0.1, 0.15) is 5.65 Å². The normalized spacial score (nSPS) is 15.2. The highest BCUT2D eigenvalue weighted by Crippen LogP contribution is 2.31. The Labute approximate surface area is 213 Å². The Balaban J connectivity index is 1.52. The van der Waals surface area contributed by atoms with E-state index in [0.717, 1.165) is 64.2 Å². The van der Waals surface area contributed by atoms with Gasteiger partial charge in [0, 0.05) is 53.5 Å². The third-order valence-electron chi connectivity index (χ3n) is 6.61. The molecule has 182 valence electrons. The third-order valence-corrected chi connectivity index (χ3v) is 7.46. The van der Waals surface area contributed by atoms with Crippen molar-refractivity contribution in [2.75, 3.05) is 51.8 Å². The van der Waals surface area contributed by atoms with Gasteiger partial charge in [-0.1, -0.05) is 28.1 Å². The van der Waals surface area contributed by atoms with Crippen LogP contribution in [0.15, 0.2) is 64.3 Å². The number of morpholine rings is 1. The molecule has 1 aliphatic rings. The van der Waals surface area contributed by atoms with E-state index in [1.165, 1.54) is 5.56 Å². The lowest BCUT2D eigenvalue weighted by Crippen LogP contribution is -2.36. The van der Waals surface area contributed by atoms with E-state index in [0.29, 0.717) is 6.54 Å². The largest absolute Gasteiger partial charge is 0.378 e. The molecule has 3 aromatic heterocycles. The quantitative estimate of drug-likeness (QED) is 0.395. The molecule has 1 saturated heterocycles.